The quantitative estimate of drug-likeness (QED) is 0.342. The van der Waals surface area contributed by atoms with E-state index in [1.54, 1.807) is 6.20 Å². The zero-order valence-corrected chi connectivity index (χ0v) is 20.3. The van der Waals surface area contributed by atoms with Crippen molar-refractivity contribution in [2.45, 2.75) is 95.1 Å². The predicted molar refractivity (Wildman–Crippen MR) is 134 cm³/mol. The molecule has 0 bridgehead atoms. The van der Waals surface area contributed by atoms with Gasteiger partial charge in [-0.2, -0.15) is 0 Å². The van der Waals surface area contributed by atoms with Crippen LogP contribution in [0, 0.1) is 11.8 Å². The third-order valence-electron chi connectivity index (χ3n) is 8.17. The van der Waals surface area contributed by atoms with Gasteiger partial charge in [0.05, 0.1) is 0 Å². The van der Waals surface area contributed by atoms with Gasteiger partial charge in [0.25, 0.3) is 0 Å². The summed E-state index contributed by atoms with van der Waals surface area (Å²) in [6, 6.07) is 13.5. The fraction of sp³-hybridized carbons (Fsp3) is 0.586. The molecule has 2 aromatic rings. The minimum atomic E-state index is -1.29. The molecule has 2 saturated carbocycles. The van der Waals surface area contributed by atoms with Crippen molar-refractivity contribution in [3.63, 3.8) is 0 Å². The minimum absolute atomic E-state index is 0.0114. The van der Waals surface area contributed by atoms with Crippen LogP contribution >= 0.6 is 0 Å². The second-order valence-electron chi connectivity index (χ2n) is 10.3. The largest absolute Gasteiger partial charge is 0.460 e. The predicted octanol–water partition coefficient (Wildman–Crippen LogP) is 5.83. The third kappa shape index (κ3) is 5.46. The zero-order valence-electron chi connectivity index (χ0n) is 20.3. The summed E-state index contributed by atoms with van der Waals surface area (Å²) < 4.78 is 5.90. The van der Waals surface area contributed by atoms with E-state index in [4.69, 9.17) is 10.5 Å². The lowest BCUT2D eigenvalue weighted by atomic mass is 9.63. The lowest BCUT2D eigenvalue weighted by Crippen LogP contribution is -2.52. The molecule has 1 aromatic carbocycles. The fourth-order valence-electron chi connectivity index (χ4n) is 6.23. The maximum absolute atomic E-state index is 14.1. The highest BCUT2D eigenvalue weighted by Crippen LogP contribution is 2.44. The third-order valence-corrected chi connectivity index (χ3v) is 8.17. The normalized spacial score (nSPS) is 20.4. The monoisotopic (exact) mass is 464 g/mol. The molecule has 2 unspecified atom stereocenters. The summed E-state index contributed by atoms with van der Waals surface area (Å²) in [7, 11) is 0. The number of nitrogens with two attached hydrogens (primary N) is 1. The van der Waals surface area contributed by atoms with Crippen molar-refractivity contribution in [3.05, 3.63) is 59.9 Å². The van der Waals surface area contributed by atoms with Gasteiger partial charge in [-0.3, -0.25) is 9.59 Å². The lowest BCUT2D eigenvalue weighted by Gasteiger charge is -2.39. The number of Topliss-reactive ketones (excluding diaryl/α,β-unsaturated/α-hetero) is 1. The van der Waals surface area contributed by atoms with E-state index in [9.17, 15) is 9.59 Å². The van der Waals surface area contributed by atoms with E-state index in [1.807, 2.05) is 42.5 Å². The molecule has 2 aliphatic rings. The van der Waals surface area contributed by atoms with Crippen LogP contribution in [0.5, 0.6) is 0 Å². The average molecular weight is 465 g/mol. The first-order valence-electron chi connectivity index (χ1n) is 13.3. The molecule has 2 fully saturated rings. The van der Waals surface area contributed by atoms with Crippen LogP contribution in [0.25, 0.3) is 0 Å². The Morgan fingerprint density at radius 3 is 2.26 bits per heavy atom. The second kappa shape index (κ2) is 11.8. The number of esters is 1. The second-order valence-corrected chi connectivity index (χ2v) is 10.3. The summed E-state index contributed by atoms with van der Waals surface area (Å²) in [6.45, 7) is 0.170. The molecule has 5 nitrogen and oxygen atoms in total. The van der Waals surface area contributed by atoms with Crippen LogP contribution in [0.1, 0.15) is 88.3 Å². The van der Waals surface area contributed by atoms with Crippen molar-refractivity contribution in [2.24, 2.45) is 17.6 Å². The van der Waals surface area contributed by atoms with E-state index in [-0.39, 0.29) is 24.3 Å². The van der Waals surface area contributed by atoms with Crippen molar-refractivity contribution in [3.8, 4) is 0 Å². The highest BCUT2D eigenvalue weighted by Gasteiger charge is 2.54. The van der Waals surface area contributed by atoms with Gasteiger partial charge in [-0.15, -0.1) is 0 Å². The number of aromatic nitrogens is 1. The number of ketones is 1. The van der Waals surface area contributed by atoms with E-state index in [0.29, 0.717) is 24.5 Å². The average Bonchev–Trinajstić information content (AvgIpc) is 3.43. The van der Waals surface area contributed by atoms with Gasteiger partial charge in [-0.05, 0) is 61.6 Å². The molecule has 1 aromatic heterocycles. The van der Waals surface area contributed by atoms with Gasteiger partial charge in [0.15, 0.2) is 11.2 Å². The summed E-state index contributed by atoms with van der Waals surface area (Å²) in [6.07, 6.45) is 13.7. The van der Waals surface area contributed by atoms with Crippen LogP contribution in [-0.2, 0) is 26.3 Å². The van der Waals surface area contributed by atoms with Crippen molar-refractivity contribution >= 4 is 11.8 Å². The van der Waals surface area contributed by atoms with Crippen molar-refractivity contribution in [2.75, 3.05) is 0 Å². The standard InChI is InChI=1S/C29H40N2O3/c30-25(23-13-6-2-7-14-23)18-19-27(32)29(26-17-10-20-31-26,24-15-8-3-9-16-24)28(33)34-21-22-11-4-1-5-12-22/h1,4-5,10-12,17,20,23-25,31H,2-3,6-9,13-16,18-19,21,30H2. The van der Waals surface area contributed by atoms with Gasteiger partial charge in [0.2, 0.25) is 0 Å². The van der Waals surface area contributed by atoms with E-state index in [1.165, 1.54) is 19.3 Å². The molecule has 2 atom stereocenters. The van der Waals surface area contributed by atoms with E-state index in [0.717, 1.165) is 50.5 Å². The number of carbonyl (C=O) groups is 2. The van der Waals surface area contributed by atoms with Crippen molar-refractivity contribution in [1.29, 1.82) is 0 Å². The molecule has 0 amide bonds. The highest BCUT2D eigenvalue weighted by molar-refractivity contribution is 6.09. The first kappa shape index (κ1) is 24.7. The van der Waals surface area contributed by atoms with Crippen LogP contribution in [0.4, 0.5) is 0 Å². The van der Waals surface area contributed by atoms with Gasteiger partial charge in [-0.25, -0.2) is 0 Å². The van der Waals surface area contributed by atoms with Crippen LogP contribution < -0.4 is 5.73 Å². The number of benzene rings is 1. The van der Waals surface area contributed by atoms with E-state index >= 15 is 0 Å². The molecule has 0 aliphatic heterocycles. The van der Waals surface area contributed by atoms with Crippen molar-refractivity contribution in [1.82, 2.24) is 4.98 Å². The summed E-state index contributed by atoms with van der Waals surface area (Å²) >= 11 is 0. The Labute approximate surface area is 203 Å². The number of ether oxygens (including phenoxy) is 1. The molecular weight excluding hydrogens is 424 g/mol. The molecule has 5 heteroatoms. The maximum atomic E-state index is 14.1. The Balaban J connectivity index is 1.58. The molecule has 4 rings (SSSR count). The summed E-state index contributed by atoms with van der Waals surface area (Å²) in [5.41, 5.74) is 6.88. The fourth-order valence-corrected chi connectivity index (χ4v) is 6.23. The van der Waals surface area contributed by atoms with Crippen LogP contribution in [0.3, 0.4) is 0 Å². The van der Waals surface area contributed by atoms with Crippen molar-refractivity contribution < 1.29 is 14.3 Å². The number of hydrogen-bond donors (Lipinski definition) is 2. The number of H-pyrrole nitrogens is 1. The number of hydrogen-bond acceptors (Lipinski definition) is 4. The molecule has 34 heavy (non-hydrogen) atoms. The van der Waals surface area contributed by atoms with Crippen LogP contribution in [0.15, 0.2) is 48.7 Å². The van der Waals surface area contributed by atoms with Gasteiger partial charge >= 0.3 is 5.97 Å². The SMILES string of the molecule is NC(CCC(=O)C(C(=O)OCc1ccccc1)(c1ccc[nH]1)C1CCCCC1)C1CCCCC1. The van der Waals surface area contributed by atoms with Gasteiger partial charge < -0.3 is 15.5 Å². The smallest absolute Gasteiger partial charge is 0.326 e. The molecule has 3 N–H and O–H groups in total. The Bertz CT molecular complexity index is 899. The zero-order chi connectivity index (χ0) is 23.8. The first-order chi connectivity index (χ1) is 16.6. The van der Waals surface area contributed by atoms with Gasteiger partial charge in [0, 0.05) is 24.4 Å². The molecule has 0 radical (unpaired) electrons. The number of carbonyl (C=O) groups excluding carboxylic acids is 2. The Kier molecular flexibility index (Phi) is 8.60. The molecule has 0 saturated heterocycles. The molecule has 1 heterocycles. The number of rotatable bonds is 10. The van der Waals surface area contributed by atoms with Gasteiger partial charge in [-0.1, -0.05) is 68.9 Å². The van der Waals surface area contributed by atoms with Crippen LogP contribution in [0.2, 0.25) is 0 Å². The topological polar surface area (TPSA) is 85.2 Å². The Hall–Kier alpha value is -2.40. The number of nitrogens with one attached hydrogen (secondary N) is 1. The molecule has 184 valence electrons. The molecule has 2 aliphatic carbocycles. The summed E-state index contributed by atoms with van der Waals surface area (Å²) in [5.74, 6) is -0.0177. The van der Waals surface area contributed by atoms with Gasteiger partial charge in [0.1, 0.15) is 6.61 Å². The Morgan fingerprint density at radius 1 is 0.941 bits per heavy atom. The highest BCUT2D eigenvalue weighted by atomic mass is 16.5. The van der Waals surface area contributed by atoms with E-state index in [2.05, 4.69) is 4.98 Å². The summed E-state index contributed by atoms with van der Waals surface area (Å²) in [5, 5.41) is 0. The minimum Gasteiger partial charge on any atom is -0.460 e. The first-order valence-corrected chi connectivity index (χ1v) is 13.3. The lowest BCUT2D eigenvalue weighted by molar-refractivity contribution is -0.160. The number of aromatic amines is 1. The van der Waals surface area contributed by atoms with E-state index < -0.39 is 11.4 Å². The molecule has 0 spiro atoms. The van der Waals surface area contributed by atoms with Crippen LogP contribution in [-0.4, -0.2) is 22.8 Å². The maximum Gasteiger partial charge on any atom is 0.326 e. The molecular formula is C29H40N2O3. The Morgan fingerprint density at radius 2 is 1.62 bits per heavy atom. The summed E-state index contributed by atoms with van der Waals surface area (Å²) in [4.78, 5) is 31.3.